The summed E-state index contributed by atoms with van der Waals surface area (Å²) in [5, 5.41) is 3.27. The van der Waals surface area contributed by atoms with E-state index in [9.17, 15) is 4.79 Å². The minimum atomic E-state index is -0.412. The van der Waals surface area contributed by atoms with Crippen LogP contribution in [0.25, 0.3) is 0 Å². The number of hydrogen-bond acceptors (Lipinski definition) is 5. The molecule has 0 aliphatic heterocycles. The second-order valence-electron chi connectivity index (χ2n) is 5.87. The van der Waals surface area contributed by atoms with Crippen molar-refractivity contribution in [1.82, 2.24) is 4.98 Å². The fourth-order valence-electron chi connectivity index (χ4n) is 2.46. The molecule has 1 heterocycles. The third-order valence-electron chi connectivity index (χ3n) is 3.70. The topological polar surface area (TPSA) is 77.2 Å². The van der Waals surface area contributed by atoms with Crippen LogP contribution >= 0.6 is 0 Å². The van der Waals surface area contributed by atoms with E-state index in [2.05, 4.69) is 38.0 Å². The minimum absolute atomic E-state index is 0.326. The number of nitrogens with zero attached hydrogens (tertiary/aromatic N) is 1. The molecule has 21 heavy (non-hydrogen) atoms. The summed E-state index contributed by atoms with van der Waals surface area (Å²) in [6.07, 6.45) is 1.57. The van der Waals surface area contributed by atoms with Crippen LogP contribution in [-0.4, -0.2) is 24.1 Å². The molecule has 5 heteroatoms. The number of nitrogen functional groups attached to an aromatic ring is 1. The molecule has 0 aromatic carbocycles. The largest absolute Gasteiger partial charge is 0.462 e. The number of hydrogen-bond donors (Lipinski definition) is 2. The van der Waals surface area contributed by atoms with Crippen LogP contribution in [0.2, 0.25) is 0 Å². The average molecular weight is 293 g/mol. The van der Waals surface area contributed by atoms with Gasteiger partial charge in [-0.05, 0) is 30.7 Å². The van der Waals surface area contributed by atoms with E-state index in [1.165, 1.54) is 0 Å². The quantitative estimate of drug-likeness (QED) is 0.755. The fourth-order valence-corrected chi connectivity index (χ4v) is 2.46. The lowest BCUT2D eigenvalue weighted by Gasteiger charge is -2.25. The lowest BCUT2D eigenvalue weighted by Crippen LogP contribution is -2.25. The first kappa shape index (κ1) is 17.3. The summed E-state index contributed by atoms with van der Waals surface area (Å²) in [4.78, 5) is 16.0. The van der Waals surface area contributed by atoms with Gasteiger partial charge in [-0.1, -0.05) is 27.7 Å². The second-order valence-corrected chi connectivity index (χ2v) is 5.87. The second kappa shape index (κ2) is 7.86. The Morgan fingerprint density at radius 2 is 1.95 bits per heavy atom. The molecule has 0 radical (unpaired) electrons. The van der Waals surface area contributed by atoms with Gasteiger partial charge >= 0.3 is 5.97 Å². The number of carbonyl (C=O) groups excluding carboxylic acids is 1. The van der Waals surface area contributed by atoms with Crippen molar-refractivity contribution in [1.29, 1.82) is 0 Å². The van der Waals surface area contributed by atoms with Gasteiger partial charge in [-0.25, -0.2) is 9.78 Å². The number of rotatable bonds is 7. The van der Waals surface area contributed by atoms with Crippen LogP contribution in [0.3, 0.4) is 0 Å². The predicted molar refractivity (Wildman–Crippen MR) is 86.3 cm³/mol. The minimum Gasteiger partial charge on any atom is -0.462 e. The Labute approximate surface area is 127 Å². The number of esters is 1. The van der Waals surface area contributed by atoms with Crippen molar-refractivity contribution in [3.8, 4) is 0 Å². The molecule has 0 aliphatic carbocycles. The maximum Gasteiger partial charge on any atom is 0.340 e. The number of pyridine rings is 1. The number of carbonyl (C=O) groups is 1. The Morgan fingerprint density at radius 1 is 1.33 bits per heavy atom. The summed E-state index contributed by atoms with van der Waals surface area (Å²) in [6, 6.07) is 1.58. The van der Waals surface area contributed by atoms with Gasteiger partial charge in [0, 0.05) is 12.7 Å². The zero-order chi connectivity index (χ0) is 16.0. The molecule has 5 nitrogen and oxygen atoms in total. The van der Waals surface area contributed by atoms with Gasteiger partial charge < -0.3 is 15.8 Å². The number of ether oxygens (including phenoxy) is 1. The molecule has 0 atom stereocenters. The van der Waals surface area contributed by atoms with E-state index < -0.39 is 5.97 Å². The molecule has 0 spiro atoms. The van der Waals surface area contributed by atoms with Crippen LogP contribution in [0, 0.1) is 17.8 Å². The van der Waals surface area contributed by atoms with E-state index in [1.54, 1.807) is 19.2 Å². The van der Waals surface area contributed by atoms with E-state index in [0.717, 1.165) is 6.54 Å². The van der Waals surface area contributed by atoms with Gasteiger partial charge in [0.15, 0.2) is 0 Å². The Kier molecular flexibility index (Phi) is 6.46. The fraction of sp³-hybridized carbons (Fsp3) is 0.625. The highest BCUT2D eigenvalue weighted by molar-refractivity contribution is 5.97. The van der Waals surface area contributed by atoms with Crippen molar-refractivity contribution in [3.63, 3.8) is 0 Å². The molecular formula is C16H27N3O2. The van der Waals surface area contributed by atoms with E-state index in [4.69, 9.17) is 10.5 Å². The molecule has 1 aromatic heterocycles. The number of anilines is 2. The van der Waals surface area contributed by atoms with Gasteiger partial charge in [0.05, 0.1) is 17.9 Å². The van der Waals surface area contributed by atoms with Crippen LogP contribution in [0.15, 0.2) is 12.3 Å². The lowest BCUT2D eigenvalue weighted by atomic mass is 9.85. The summed E-state index contributed by atoms with van der Waals surface area (Å²) in [5.41, 5.74) is 6.74. The van der Waals surface area contributed by atoms with E-state index in [0.29, 0.717) is 41.4 Å². The highest BCUT2D eigenvalue weighted by Gasteiger charge is 2.19. The van der Waals surface area contributed by atoms with Gasteiger partial charge in [-0.15, -0.1) is 0 Å². The smallest absolute Gasteiger partial charge is 0.340 e. The molecule has 1 rings (SSSR count). The Hall–Kier alpha value is -1.78. The van der Waals surface area contributed by atoms with Crippen molar-refractivity contribution in [2.45, 2.75) is 34.6 Å². The molecule has 0 bridgehead atoms. The van der Waals surface area contributed by atoms with Gasteiger partial charge in [-0.3, -0.25) is 0 Å². The SMILES string of the molecule is CCOC(=O)c1ccnc(NCC(C(C)C)C(C)C)c1N. The van der Waals surface area contributed by atoms with Crippen LogP contribution in [-0.2, 0) is 4.74 Å². The highest BCUT2D eigenvalue weighted by Crippen LogP contribution is 2.24. The van der Waals surface area contributed by atoms with E-state index in [-0.39, 0.29) is 0 Å². The summed E-state index contributed by atoms with van der Waals surface area (Å²) in [5.74, 6) is 1.77. The molecule has 0 unspecified atom stereocenters. The molecule has 0 aliphatic rings. The molecule has 118 valence electrons. The standard InChI is InChI=1S/C16H27N3O2/c1-6-21-16(20)12-7-8-18-15(14(12)17)19-9-13(10(2)3)11(4)5/h7-8,10-11,13H,6,9,17H2,1-5H3,(H,18,19). The Balaban J connectivity index is 2.85. The first-order chi connectivity index (χ1) is 9.88. The molecule has 0 fully saturated rings. The Bertz CT molecular complexity index is 465. The first-order valence-corrected chi connectivity index (χ1v) is 7.53. The van der Waals surface area contributed by atoms with Gasteiger partial charge in [0.1, 0.15) is 5.82 Å². The van der Waals surface area contributed by atoms with Crippen LogP contribution < -0.4 is 11.1 Å². The summed E-state index contributed by atoms with van der Waals surface area (Å²) >= 11 is 0. The maximum absolute atomic E-state index is 11.8. The van der Waals surface area contributed by atoms with Crippen molar-refractivity contribution in [2.75, 3.05) is 24.2 Å². The zero-order valence-electron chi connectivity index (χ0n) is 13.6. The maximum atomic E-state index is 11.8. The summed E-state index contributed by atoms with van der Waals surface area (Å²) in [6.45, 7) is 11.7. The molecule has 0 saturated carbocycles. The third-order valence-corrected chi connectivity index (χ3v) is 3.70. The molecule has 0 amide bonds. The first-order valence-electron chi connectivity index (χ1n) is 7.53. The monoisotopic (exact) mass is 293 g/mol. The van der Waals surface area contributed by atoms with Crippen molar-refractivity contribution in [3.05, 3.63) is 17.8 Å². The van der Waals surface area contributed by atoms with Crippen molar-refractivity contribution < 1.29 is 9.53 Å². The number of nitrogens with two attached hydrogens (primary N) is 1. The van der Waals surface area contributed by atoms with Gasteiger partial charge in [-0.2, -0.15) is 0 Å². The van der Waals surface area contributed by atoms with Crippen LogP contribution in [0.4, 0.5) is 11.5 Å². The van der Waals surface area contributed by atoms with Crippen molar-refractivity contribution >= 4 is 17.5 Å². The summed E-state index contributed by atoms with van der Waals surface area (Å²) < 4.78 is 4.99. The third kappa shape index (κ3) is 4.62. The predicted octanol–water partition coefficient (Wildman–Crippen LogP) is 3.18. The average Bonchev–Trinajstić information content (AvgIpc) is 2.40. The van der Waals surface area contributed by atoms with Crippen molar-refractivity contribution in [2.24, 2.45) is 17.8 Å². The lowest BCUT2D eigenvalue weighted by molar-refractivity contribution is 0.0527. The zero-order valence-corrected chi connectivity index (χ0v) is 13.6. The Morgan fingerprint density at radius 3 is 2.48 bits per heavy atom. The van der Waals surface area contributed by atoms with Gasteiger partial charge in [0.2, 0.25) is 0 Å². The van der Waals surface area contributed by atoms with E-state index >= 15 is 0 Å². The normalized spacial score (nSPS) is 11.2. The van der Waals surface area contributed by atoms with Crippen LogP contribution in [0.1, 0.15) is 45.0 Å². The van der Waals surface area contributed by atoms with E-state index in [1.807, 2.05) is 0 Å². The summed E-state index contributed by atoms with van der Waals surface area (Å²) in [7, 11) is 0. The molecule has 0 saturated heterocycles. The molecular weight excluding hydrogens is 266 g/mol. The molecule has 3 N–H and O–H groups in total. The highest BCUT2D eigenvalue weighted by atomic mass is 16.5. The van der Waals surface area contributed by atoms with Gasteiger partial charge in [0.25, 0.3) is 0 Å². The van der Waals surface area contributed by atoms with Crippen LogP contribution in [0.5, 0.6) is 0 Å². The number of aromatic nitrogens is 1. The number of nitrogens with one attached hydrogen (secondary N) is 1. The molecule has 1 aromatic rings.